The van der Waals surface area contributed by atoms with Crippen molar-refractivity contribution >= 4 is 35.2 Å². The van der Waals surface area contributed by atoms with Gasteiger partial charge in [-0.2, -0.15) is 0 Å². The number of likely N-dealkylation sites (tertiary alicyclic amines) is 1. The Morgan fingerprint density at radius 2 is 2.00 bits per heavy atom. The minimum absolute atomic E-state index is 0.00871. The van der Waals surface area contributed by atoms with E-state index in [-0.39, 0.29) is 23.7 Å². The summed E-state index contributed by atoms with van der Waals surface area (Å²) in [7, 11) is 0. The standard InChI is InChI=1S/C25H32N2O5S/c1-4-12-26(20-15(2)8-7-9-16(20)3)23(30)21-25-11-10-17(33-25)18(24(31)32)19(25)22(29)27(21)13-5-6-14-28/h4,7-9,17-19,21,28H,1,5-6,10-14H2,2-3H3,(H,31,32)/t17-,18+,19-,21?,25?/m0/s1. The first-order valence-corrected chi connectivity index (χ1v) is 12.5. The van der Waals surface area contributed by atoms with Crippen LogP contribution in [-0.4, -0.2) is 68.6 Å². The molecule has 3 heterocycles. The summed E-state index contributed by atoms with van der Waals surface area (Å²) in [5.41, 5.74) is 2.74. The van der Waals surface area contributed by atoms with E-state index in [0.29, 0.717) is 38.8 Å². The molecule has 2 N–H and O–H groups in total. The third kappa shape index (κ3) is 3.67. The number of aliphatic hydroxyl groups excluding tert-OH is 1. The normalized spacial score (nSPS) is 29.9. The van der Waals surface area contributed by atoms with Crippen molar-refractivity contribution in [2.24, 2.45) is 11.8 Å². The lowest BCUT2D eigenvalue weighted by Crippen LogP contribution is -2.55. The van der Waals surface area contributed by atoms with Crippen molar-refractivity contribution in [3.05, 3.63) is 42.0 Å². The SMILES string of the molecule is C=CCN(C(=O)C1N(CCCCO)C(=O)[C@@H]2[C@H](C(=O)O)[C@@H]3CCC12S3)c1c(C)cccc1C. The van der Waals surface area contributed by atoms with Gasteiger partial charge in [0, 0.05) is 30.6 Å². The maximum Gasteiger partial charge on any atom is 0.308 e. The van der Waals surface area contributed by atoms with E-state index in [2.05, 4.69) is 6.58 Å². The highest BCUT2D eigenvalue weighted by Gasteiger charge is 2.74. The van der Waals surface area contributed by atoms with Crippen molar-refractivity contribution in [2.45, 2.75) is 55.6 Å². The van der Waals surface area contributed by atoms with Crippen LogP contribution >= 0.6 is 11.8 Å². The Morgan fingerprint density at radius 1 is 1.30 bits per heavy atom. The first-order chi connectivity index (χ1) is 15.8. The van der Waals surface area contributed by atoms with E-state index < -0.39 is 28.6 Å². The number of carbonyl (C=O) groups excluding carboxylic acids is 2. The summed E-state index contributed by atoms with van der Waals surface area (Å²) in [4.78, 5) is 43.4. The number of benzene rings is 1. The van der Waals surface area contributed by atoms with Crippen molar-refractivity contribution in [2.75, 3.05) is 24.6 Å². The lowest BCUT2D eigenvalue weighted by atomic mass is 9.71. The number of carboxylic acids is 1. The van der Waals surface area contributed by atoms with Crippen LogP contribution < -0.4 is 4.90 Å². The Morgan fingerprint density at radius 3 is 2.61 bits per heavy atom. The Bertz CT molecular complexity index is 961. The molecule has 178 valence electrons. The molecule has 0 radical (unpaired) electrons. The topological polar surface area (TPSA) is 98.2 Å². The molecule has 3 saturated heterocycles. The third-order valence-electron chi connectivity index (χ3n) is 7.41. The summed E-state index contributed by atoms with van der Waals surface area (Å²) in [6, 6.07) is 5.14. The van der Waals surface area contributed by atoms with Crippen LogP contribution in [-0.2, 0) is 14.4 Å². The molecule has 8 heteroatoms. The molecule has 2 bridgehead atoms. The number of unbranched alkanes of at least 4 members (excludes halogenated alkanes) is 1. The van der Waals surface area contributed by atoms with E-state index in [1.807, 2.05) is 32.0 Å². The zero-order valence-corrected chi connectivity index (χ0v) is 20.0. The van der Waals surface area contributed by atoms with E-state index >= 15 is 0 Å². The van der Waals surface area contributed by atoms with Crippen LogP contribution in [0.4, 0.5) is 5.69 Å². The van der Waals surface area contributed by atoms with Crippen molar-refractivity contribution in [1.82, 2.24) is 4.90 Å². The predicted molar refractivity (Wildman–Crippen MR) is 128 cm³/mol. The molecule has 0 saturated carbocycles. The molecule has 0 aliphatic carbocycles. The lowest BCUT2D eigenvalue weighted by Gasteiger charge is -2.38. The van der Waals surface area contributed by atoms with Crippen LogP contribution in [0.2, 0.25) is 0 Å². The van der Waals surface area contributed by atoms with Crippen LogP contribution in [0.3, 0.4) is 0 Å². The lowest BCUT2D eigenvalue weighted by molar-refractivity contribution is -0.148. The Labute approximate surface area is 198 Å². The molecule has 33 heavy (non-hydrogen) atoms. The molecule has 3 fully saturated rings. The fourth-order valence-electron chi connectivity index (χ4n) is 6.15. The van der Waals surface area contributed by atoms with Gasteiger partial charge in [-0.05, 0) is 50.7 Å². The number of carbonyl (C=O) groups is 3. The molecule has 2 unspecified atom stereocenters. The van der Waals surface area contributed by atoms with Crippen molar-refractivity contribution in [1.29, 1.82) is 0 Å². The molecule has 0 aromatic heterocycles. The Hall–Kier alpha value is -2.32. The van der Waals surface area contributed by atoms with Crippen molar-refractivity contribution in [3.8, 4) is 0 Å². The number of amides is 2. The smallest absolute Gasteiger partial charge is 0.308 e. The second-order valence-electron chi connectivity index (χ2n) is 9.33. The fraction of sp³-hybridized carbons (Fsp3) is 0.560. The first-order valence-electron chi connectivity index (χ1n) is 11.6. The predicted octanol–water partition coefficient (Wildman–Crippen LogP) is 2.77. The van der Waals surface area contributed by atoms with Gasteiger partial charge in [0.05, 0.1) is 16.6 Å². The number of aryl methyl sites for hydroxylation is 2. The van der Waals surface area contributed by atoms with Crippen LogP contribution in [0.1, 0.15) is 36.8 Å². The van der Waals surface area contributed by atoms with Gasteiger partial charge in [0.2, 0.25) is 5.91 Å². The van der Waals surface area contributed by atoms with E-state index in [0.717, 1.165) is 16.8 Å². The van der Waals surface area contributed by atoms with Crippen molar-refractivity contribution < 1.29 is 24.6 Å². The number of carboxylic acid groups (broad SMARTS) is 1. The minimum Gasteiger partial charge on any atom is -0.481 e. The van der Waals surface area contributed by atoms with Crippen LogP contribution in [0.15, 0.2) is 30.9 Å². The summed E-state index contributed by atoms with van der Waals surface area (Å²) in [6.45, 7) is 8.42. The van der Waals surface area contributed by atoms with Crippen LogP contribution in [0.25, 0.3) is 0 Å². The maximum absolute atomic E-state index is 14.3. The monoisotopic (exact) mass is 472 g/mol. The number of nitrogens with zero attached hydrogens (tertiary/aromatic N) is 2. The number of rotatable bonds is 9. The molecule has 4 rings (SSSR count). The second kappa shape index (κ2) is 9.14. The summed E-state index contributed by atoms with van der Waals surface area (Å²) in [5, 5.41) is 19.1. The van der Waals surface area contributed by atoms with Crippen LogP contribution in [0, 0.1) is 25.7 Å². The summed E-state index contributed by atoms with van der Waals surface area (Å²) in [6.07, 6.45) is 4.12. The van der Waals surface area contributed by atoms with Gasteiger partial charge in [-0.3, -0.25) is 14.4 Å². The molecule has 5 atom stereocenters. The van der Waals surface area contributed by atoms with Gasteiger partial charge in [-0.25, -0.2) is 0 Å². The van der Waals surface area contributed by atoms with Gasteiger partial charge in [0.25, 0.3) is 5.91 Å². The highest BCUT2D eigenvalue weighted by atomic mass is 32.2. The summed E-state index contributed by atoms with van der Waals surface area (Å²) in [5.74, 6) is -2.80. The molecule has 3 aliphatic heterocycles. The highest BCUT2D eigenvalue weighted by Crippen LogP contribution is 2.66. The number of anilines is 1. The molecule has 7 nitrogen and oxygen atoms in total. The molecule has 1 aromatic carbocycles. The quantitative estimate of drug-likeness (QED) is 0.424. The molecule has 3 aliphatic rings. The van der Waals surface area contributed by atoms with Gasteiger partial charge >= 0.3 is 5.97 Å². The minimum atomic E-state index is -0.950. The molecule has 2 amide bonds. The largest absolute Gasteiger partial charge is 0.481 e. The first kappa shape index (κ1) is 23.8. The van der Waals surface area contributed by atoms with Crippen molar-refractivity contribution in [3.63, 3.8) is 0 Å². The highest BCUT2D eigenvalue weighted by molar-refractivity contribution is 8.02. The van der Waals surface area contributed by atoms with Gasteiger partial charge < -0.3 is 20.0 Å². The maximum atomic E-state index is 14.3. The van der Waals surface area contributed by atoms with Gasteiger partial charge in [0.1, 0.15) is 6.04 Å². The van der Waals surface area contributed by atoms with E-state index in [4.69, 9.17) is 0 Å². The summed E-state index contributed by atoms with van der Waals surface area (Å²) >= 11 is 1.54. The van der Waals surface area contributed by atoms with Crippen LogP contribution in [0.5, 0.6) is 0 Å². The Kier molecular flexibility index (Phi) is 6.60. The average Bonchev–Trinajstić information content (AvgIpc) is 3.40. The number of fused-ring (bicyclic) bond motifs is 1. The number of para-hydroxylation sites is 1. The number of thioether (sulfide) groups is 1. The molecule has 1 spiro atoms. The number of hydrogen-bond acceptors (Lipinski definition) is 5. The van der Waals surface area contributed by atoms with E-state index in [1.165, 1.54) is 0 Å². The van der Waals surface area contributed by atoms with Gasteiger partial charge in [-0.15, -0.1) is 18.3 Å². The zero-order chi connectivity index (χ0) is 23.9. The van der Waals surface area contributed by atoms with Gasteiger partial charge in [0.15, 0.2) is 0 Å². The average molecular weight is 473 g/mol. The summed E-state index contributed by atoms with van der Waals surface area (Å²) < 4.78 is -0.725. The molecular weight excluding hydrogens is 440 g/mol. The van der Waals surface area contributed by atoms with E-state index in [1.54, 1.807) is 27.6 Å². The Balaban J connectivity index is 1.79. The number of hydrogen-bond donors (Lipinski definition) is 2. The second-order valence-corrected chi connectivity index (χ2v) is 10.9. The third-order valence-corrected chi connectivity index (χ3v) is 9.37. The van der Waals surface area contributed by atoms with E-state index in [9.17, 15) is 24.6 Å². The number of aliphatic hydroxyl groups is 1. The molecular formula is C25H32N2O5S. The number of aliphatic carboxylic acids is 1. The fourth-order valence-corrected chi connectivity index (χ4v) is 8.35. The van der Waals surface area contributed by atoms with Gasteiger partial charge in [-0.1, -0.05) is 24.3 Å². The molecule has 1 aromatic rings. The zero-order valence-electron chi connectivity index (χ0n) is 19.2.